The Kier molecular flexibility index (Phi) is 7.36. The van der Waals surface area contributed by atoms with Gasteiger partial charge in [-0.25, -0.2) is 4.98 Å². The van der Waals surface area contributed by atoms with Crippen molar-refractivity contribution in [3.8, 4) is 5.75 Å². The molecule has 2 aromatic rings. The summed E-state index contributed by atoms with van der Waals surface area (Å²) in [6, 6.07) is 11.2. The summed E-state index contributed by atoms with van der Waals surface area (Å²) in [5.41, 5.74) is 1.02. The molecule has 0 saturated carbocycles. The minimum absolute atomic E-state index is 0.152. The van der Waals surface area contributed by atoms with E-state index >= 15 is 0 Å². The maximum Gasteiger partial charge on any atom is 0.239 e. The number of carbonyl (C=O) groups is 1. The number of amides is 1. The van der Waals surface area contributed by atoms with Gasteiger partial charge in [-0.15, -0.1) is 0 Å². The second kappa shape index (κ2) is 9.50. The first-order valence-corrected chi connectivity index (χ1v) is 8.70. The van der Waals surface area contributed by atoms with Crippen molar-refractivity contribution in [2.75, 3.05) is 32.1 Å². The molecule has 0 radical (unpaired) electrons. The Balaban J connectivity index is 1.73. The van der Waals surface area contributed by atoms with Crippen LogP contribution in [0.1, 0.15) is 5.56 Å². The molecule has 1 unspecified atom stereocenters. The molecule has 2 N–H and O–H groups in total. The second-order valence-corrected chi connectivity index (χ2v) is 6.75. The van der Waals surface area contributed by atoms with Crippen molar-refractivity contribution in [3.63, 3.8) is 0 Å². The first-order valence-electron chi connectivity index (χ1n) is 7.90. The average molecular weight is 408 g/mol. The summed E-state index contributed by atoms with van der Waals surface area (Å²) in [6.07, 6.45) is 0.926. The van der Waals surface area contributed by atoms with E-state index in [0.29, 0.717) is 12.4 Å². The summed E-state index contributed by atoms with van der Waals surface area (Å²) in [4.78, 5) is 17.8. The van der Waals surface area contributed by atoms with Gasteiger partial charge in [-0.1, -0.05) is 18.2 Å². The Labute approximate surface area is 156 Å². The second-order valence-electron chi connectivity index (χ2n) is 5.84. The van der Waals surface area contributed by atoms with E-state index in [1.54, 1.807) is 30.3 Å². The standard InChI is InChI=1S/C18H22BrN3O3/c1-13-5-3-4-6-16(13)25-12-15(23)10-22(2)11-18(24)21-17-8-7-14(19)9-20-17/h3-9,15,23H,10-12H2,1-2H3,(H,20,21,24). The molecule has 1 aromatic carbocycles. The molecule has 25 heavy (non-hydrogen) atoms. The van der Waals surface area contributed by atoms with Gasteiger partial charge in [0.2, 0.25) is 5.91 Å². The number of carbonyl (C=O) groups excluding carboxylic acids is 1. The zero-order valence-corrected chi connectivity index (χ0v) is 15.9. The molecule has 6 nitrogen and oxygen atoms in total. The molecule has 0 aliphatic carbocycles. The van der Waals surface area contributed by atoms with Crippen LogP contribution < -0.4 is 10.1 Å². The van der Waals surface area contributed by atoms with Gasteiger partial charge in [-0.2, -0.15) is 0 Å². The summed E-state index contributed by atoms with van der Waals surface area (Å²) < 4.78 is 6.47. The number of benzene rings is 1. The lowest BCUT2D eigenvalue weighted by Gasteiger charge is -2.20. The van der Waals surface area contributed by atoms with Crippen LogP contribution in [0.5, 0.6) is 5.75 Å². The quantitative estimate of drug-likeness (QED) is 0.702. The molecule has 1 atom stereocenters. The number of halogens is 1. The molecule has 0 aliphatic rings. The number of pyridine rings is 1. The molecule has 134 valence electrons. The number of aryl methyl sites for hydroxylation is 1. The molecule has 0 saturated heterocycles. The molecule has 2 rings (SSSR count). The minimum atomic E-state index is -0.691. The Hall–Kier alpha value is -1.96. The molecule has 7 heteroatoms. The van der Waals surface area contributed by atoms with Crippen molar-refractivity contribution in [3.05, 3.63) is 52.6 Å². The normalized spacial score (nSPS) is 12.0. The van der Waals surface area contributed by atoms with Gasteiger partial charge in [0.1, 0.15) is 24.3 Å². The number of ether oxygens (including phenoxy) is 1. The van der Waals surface area contributed by atoms with Gasteiger partial charge in [-0.05, 0) is 53.7 Å². The number of likely N-dealkylation sites (N-methyl/N-ethyl adjacent to an activating group) is 1. The monoisotopic (exact) mass is 407 g/mol. The fourth-order valence-electron chi connectivity index (χ4n) is 2.26. The van der Waals surface area contributed by atoms with Crippen LogP contribution in [0.2, 0.25) is 0 Å². The third kappa shape index (κ3) is 6.81. The van der Waals surface area contributed by atoms with Crippen molar-refractivity contribution >= 4 is 27.7 Å². The van der Waals surface area contributed by atoms with Crippen molar-refractivity contribution in [2.45, 2.75) is 13.0 Å². The van der Waals surface area contributed by atoms with Gasteiger partial charge in [0.25, 0.3) is 0 Å². The van der Waals surface area contributed by atoms with Gasteiger partial charge >= 0.3 is 0 Å². The van der Waals surface area contributed by atoms with Gasteiger partial charge in [0.15, 0.2) is 0 Å². The van der Waals surface area contributed by atoms with Crippen LogP contribution in [-0.4, -0.2) is 53.7 Å². The SMILES string of the molecule is Cc1ccccc1OCC(O)CN(C)CC(=O)Nc1ccc(Br)cn1. The van der Waals surface area contributed by atoms with Crippen LogP contribution in [0.25, 0.3) is 0 Å². The van der Waals surface area contributed by atoms with E-state index in [-0.39, 0.29) is 19.1 Å². The first-order chi connectivity index (χ1) is 11.9. The Morgan fingerprint density at radius 3 is 2.80 bits per heavy atom. The largest absolute Gasteiger partial charge is 0.491 e. The van der Waals surface area contributed by atoms with Gasteiger partial charge in [-0.3, -0.25) is 9.69 Å². The van der Waals surface area contributed by atoms with E-state index in [2.05, 4.69) is 26.2 Å². The predicted octanol–water partition coefficient (Wildman–Crippen LogP) is 2.46. The molecule has 1 amide bonds. The Morgan fingerprint density at radius 2 is 2.12 bits per heavy atom. The predicted molar refractivity (Wildman–Crippen MR) is 101 cm³/mol. The molecule has 0 spiro atoms. The van der Waals surface area contributed by atoms with Crippen molar-refractivity contribution in [1.82, 2.24) is 9.88 Å². The summed E-state index contributed by atoms with van der Waals surface area (Å²) in [6.45, 7) is 2.60. The lowest BCUT2D eigenvalue weighted by molar-refractivity contribution is -0.117. The summed E-state index contributed by atoms with van der Waals surface area (Å²) in [5, 5.41) is 12.8. The van der Waals surface area contributed by atoms with Crippen LogP contribution in [0, 0.1) is 6.92 Å². The molecular formula is C18H22BrN3O3. The zero-order chi connectivity index (χ0) is 18.2. The minimum Gasteiger partial charge on any atom is -0.491 e. The highest BCUT2D eigenvalue weighted by Crippen LogP contribution is 2.16. The molecule has 0 fully saturated rings. The summed E-state index contributed by atoms with van der Waals surface area (Å²) in [5.74, 6) is 1.05. The molecule has 1 heterocycles. The summed E-state index contributed by atoms with van der Waals surface area (Å²) in [7, 11) is 1.77. The third-order valence-electron chi connectivity index (χ3n) is 3.46. The van der Waals surface area contributed by atoms with E-state index in [9.17, 15) is 9.90 Å². The van der Waals surface area contributed by atoms with E-state index in [1.807, 2.05) is 31.2 Å². The van der Waals surface area contributed by atoms with Gasteiger partial charge in [0.05, 0.1) is 6.54 Å². The number of rotatable bonds is 8. The van der Waals surface area contributed by atoms with Crippen LogP contribution in [0.15, 0.2) is 47.1 Å². The number of anilines is 1. The highest BCUT2D eigenvalue weighted by Gasteiger charge is 2.13. The molecule has 0 bridgehead atoms. The fourth-order valence-corrected chi connectivity index (χ4v) is 2.49. The smallest absolute Gasteiger partial charge is 0.239 e. The van der Waals surface area contributed by atoms with Crippen molar-refractivity contribution in [2.24, 2.45) is 0 Å². The third-order valence-corrected chi connectivity index (χ3v) is 3.92. The number of aliphatic hydroxyl groups excluding tert-OH is 1. The topological polar surface area (TPSA) is 74.7 Å². The van der Waals surface area contributed by atoms with Gasteiger partial charge < -0.3 is 15.2 Å². The number of nitrogens with one attached hydrogen (secondary N) is 1. The number of aromatic nitrogens is 1. The zero-order valence-electron chi connectivity index (χ0n) is 14.3. The van der Waals surface area contributed by atoms with Crippen LogP contribution >= 0.6 is 15.9 Å². The number of para-hydroxylation sites is 1. The van der Waals surface area contributed by atoms with Crippen LogP contribution in [-0.2, 0) is 4.79 Å². The van der Waals surface area contributed by atoms with Crippen molar-refractivity contribution < 1.29 is 14.6 Å². The lowest BCUT2D eigenvalue weighted by Crippen LogP contribution is -2.37. The van der Waals surface area contributed by atoms with Crippen LogP contribution in [0.3, 0.4) is 0 Å². The molecular weight excluding hydrogens is 386 g/mol. The van der Waals surface area contributed by atoms with E-state index < -0.39 is 6.10 Å². The highest BCUT2D eigenvalue weighted by molar-refractivity contribution is 9.10. The van der Waals surface area contributed by atoms with Crippen molar-refractivity contribution in [1.29, 1.82) is 0 Å². The number of nitrogens with zero attached hydrogens (tertiary/aromatic N) is 2. The molecule has 1 aromatic heterocycles. The Morgan fingerprint density at radius 1 is 1.36 bits per heavy atom. The Bertz CT molecular complexity index is 694. The average Bonchev–Trinajstić information content (AvgIpc) is 2.56. The number of hydrogen-bond acceptors (Lipinski definition) is 5. The molecule has 0 aliphatic heterocycles. The summed E-state index contributed by atoms with van der Waals surface area (Å²) >= 11 is 3.29. The van der Waals surface area contributed by atoms with Crippen LogP contribution in [0.4, 0.5) is 5.82 Å². The van der Waals surface area contributed by atoms with Gasteiger partial charge in [0, 0.05) is 17.2 Å². The first kappa shape index (κ1) is 19.4. The maximum absolute atomic E-state index is 12.0. The highest BCUT2D eigenvalue weighted by atomic mass is 79.9. The van der Waals surface area contributed by atoms with E-state index in [0.717, 1.165) is 15.8 Å². The lowest BCUT2D eigenvalue weighted by atomic mass is 10.2. The van der Waals surface area contributed by atoms with E-state index in [1.165, 1.54) is 0 Å². The van der Waals surface area contributed by atoms with E-state index in [4.69, 9.17) is 4.74 Å². The fraction of sp³-hybridized carbons (Fsp3) is 0.333. The maximum atomic E-state index is 12.0. The number of aliphatic hydroxyl groups is 1. The number of hydrogen-bond donors (Lipinski definition) is 2.